The molecule has 2 fully saturated rings. The summed E-state index contributed by atoms with van der Waals surface area (Å²) >= 11 is 0. The molecule has 2 aliphatic rings. The Morgan fingerprint density at radius 2 is 1.83 bits per heavy atom. The molecule has 5 rings (SSSR count). The minimum atomic E-state index is -1.09. The maximum atomic E-state index is 13.4. The molecule has 0 radical (unpaired) electrons. The molecule has 1 amide bonds. The van der Waals surface area contributed by atoms with E-state index in [-0.39, 0.29) is 17.6 Å². The Bertz CT molecular complexity index is 1180. The molecule has 0 spiro atoms. The van der Waals surface area contributed by atoms with Gasteiger partial charge in [0.05, 0.1) is 11.6 Å². The normalized spacial score (nSPS) is 21.6. The van der Waals surface area contributed by atoms with E-state index in [1.807, 2.05) is 0 Å². The first-order valence-corrected chi connectivity index (χ1v) is 11.7. The van der Waals surface area contributed by atoms with Crippen molar-refractivity contribution in [2.24, 2.45) is 5.92 Å². The monoisotopic (exact) mass is 475 g/mol. The van der Waals surface area contributed by atoms with E-state index >= 15 is 0 Å². The van der Waals surface area contributed by atoms with Gasteiger partial charge in [-0.1, -0.05) is 0 Å². The number of aromatic nitrogens is 2. The highest BCUT2D eigenvalue weighted by Crippen LogP contribution is 2.32. The highest BCUT2D eigenvalue weighted by Gasteiger charge is 2.44. The van der Waals surface area contributed by atoms with Crippen LogP contribution in [0.2, 0.25) is 0 Å². The van der Waals surface area contributed by atoms with Crippen molar-refractivity contribution < 1.29 is 18.7 Å². The number of nitrogens with zero attached hydrogens (tertiary/aromatic N) is 3. The van der Waals surface area contributed by atoms with Crippen LogP contribution < -0.4 is 20.3 Å². The zero-order chi connectivity index (χ0) is 24.3. The van der Waals surface area contributed by atoms with Gasteiger partial charge in [-0.3, -0.25) is 14.5 Å². The second-order valence-corrected chi connectivity index (χ2v) is 8.80. The third kappa shape index (κ3) is 4.78. The molecule has 8 nitrogen and oxygen atoms in total. The first-order chi connectivity index (χ1) is 17.1. The SMILES string of the molecule is O=C([C@H]1CCNC1)N(c1ccc(O[C@]2(C(=O)c3ccc(F)cc3)CCNC2)cc1)c1cccnn1. The molecule has 2 aliphatic heterocycles. The Balaban J connectivity index is 1.40. The number of nitrogens with one attached hydrogen (secondary N) is 2. The van der Waals surface area contributed by atoms with Crippen LogP contribution in [0.4, 0.5) is 15.9 Å². The van der Waals surface area contributed by atoms with Crippen LogP contribution >= 0.6 is 0 Å². The lowest BCUT2D eigenvalue weighted by molar-refractivity contribution is -0.121. The van der Waals surface area contributed by atoms with Gasteiger partial charge in [-0.05, 0) is 80.2 Å². The van der Waals surface area contributed by atoms with E-state index in [1.165, 1.54) is 24.3 Å². The minimum Gasteiger partial charge on any atom is -0.478 e. The second-order valence-electron chi connectivity index (χ2n) is 8.80. The summed E-state index contributed by atoms with van der Waals surface area (Å²) in [6.07, 6.45) is 2.81. The molecule has 3 heterocycles. The predicted octanol–water partition coefficient (Wildman–Crippen LogP) is 2.88. The summed E-state index contributed by atoms with van der Waals surface area (Å²) in [5, 5.41) is 14.5. The van der Waals surface area contributed by atoms with Gasteiger partial charge >= 0.3 is 0 Å². The van der Waals surface area contributed by atoms with Crippen molar-refractivity contribution in [2.45, 2.75) is 18.4 Å². The smallest absolute Gasteiger partial charge is 0.237 e. The molecule has 2 atom stereocenters. The van der Waals surface area contributed by atoms with E-state index in [4.69, 9.17) is 4.74 Å². The highest BCUT2D eigenvalue weighted by atomic mass is 19.1. The van der Waals surface area contributed by atoms with Gasteiger partial charge in [0.1, 0.15) is 11.6 Å². The Kier molecular flexibility index (Phi) is 6.52. The molecule has 0 unspecified atom stereocenters. The quantitative estimate of drug-likeness (QED) is 0.507. The fourth-order valence-electron chi connectivity index (χ4n) is 4.58. The molecule has 2 saturated heterocycles. The zero-order valence-electron chi connectivity index (χ0n) is 19.1. The summed E-state index contributed by atoms with van der Waals surface area (Å²) in [6.45, 7) is 2.41. The number of carbonyl (C=O) groups is 2. The van der Waals surface area contributed by atoms with Gasteiger partial charge in [-0.25, -0.2) is 4.39 Å². The van der Waals surface area contributed by atoms with Gasteiger partial charge in [0.2, 0.25) is 11.7 Å². The van der Waals surface area contributed by atoms with Crippen LogP contribution in [0.25, 0.3) is 0 Å². The van der Waals surface area contributed by atoms with Gasteiger partial charge in [-0.15, -0.1) is 5.10 Å². The van der Waals surface area contributed by atoms with Crippen molar-refractivity contribution >= 4 is 23.2 Å². The number of amides is 1. The number of Topliss-reactive ketones (excluding diaryl/α,β-unsaturated/α-hetero) is 1. The van der Waals surface area contributed by atoms with E-state index in [0.29, 0.717) is 48.9 Å². The molecular formula is C26H26FN5O3. The molecule has 3 aromatic rings. The number of anilines is 2. The number of rotatable bonds is 7. The van der Waals surface area contributed by atoms with Crippen LogP contribution in [0.1, 0.15) is 23.2 Å². The summed E-state index contributed by atoms with van der Waals surface area (Å²) in [5.41, 5.74) is -0.0514. The minimum absolute atomic E-state index is 0.0490. The van der Waals surface area contributed by atoms with Crippen LogP contribution in [0.3, 0.4) is 0 Å². The largest absolute Gasteiger partial charge is 0.478 e. The lowest BCUT2D eigenvalue weighted by atomic mass is 9.91. The Hall–Kier alpha value is -3.69. The van der Waals surface area contributed by atoms with Crippen LogP contribution in [0.5, 0.6) is 5.75 Å². The number of ether oxygens (including phenoxy) is 1. The molecule has 9 heteroatoms. The summed E-state index contributed by atoms with van der Waals surface area (Å²) < 4.78 is 19.6. The molecule has 0 bridgehead atoms. The van der Waals surface area contributed by atoms with Gasteiger partial charge in [-0.2, -0.15) is 5.10 Å². The molecule has 0 aliphatic carbocycles. The summed E-state index contributed by atoms with van der Waals surface area (Å²) in [6, 6.07) is 16.0. The summed E-state index contributed by atoms with van der Waals surface area (Å²) in [7, 11) is 0. The average molecular weight is 476 g/mol. The molecule has 2 N–H and O–H groups in total. The van der Waals surface area contributed by atoms with Gasteiger partial charge in [0, 0.05) is 31.3 Å². The van der Waals surface area contributed by atoms with Crippen molar-refractivity contribution in [3.63, 3.8) is 0 Å². The van der Waals surface area contributed by atoms with Crippen LogP contribution in [0.15, 0.2) is 66.9 Å². The van der Waals surface area contributed by atoms with Crippen LogP contribution in [0, 0.1) is 11.7 Å². The number of hydrogen-bond acceptors (Lipinski definition) is 7. The fraction of sp³-hybridized carbons (Fsp3) is 0.308. The third-order valence-electron chi connectivity index (χ3n) is 6.46. The third-order valence-corrected chi connectivity index (χ3v) is 6.46. The molecule has 0 saturated carbocycles. The van der Waals surface area contributed by atoms with Crippen molar-refractivity contribution in [3.8, 4) is 5.75 Å². The Labute approximate surface area is 202 Å². The maximum Gasteiger partial charge on any atom is 0.237 e. The lowest BCUT2D eigenvalue weighted by Gasteiger charge is -2.29. The number of carbonyl (C=O) groups excluding carboxylic acids is 2. The predicted molar refractivity (Wildman–Crippen MR) is 128 cm³/mol. The van der Waals surface area contributed by atoms with Crippen molar-refractivity contribution in [2.75, 3.05) is 31.1 Å². The topological polar surface area (TPSA) is 96.5 Å². The van der Waals surface area contributed by atoms with Gasteiger partial charge in [0.15, 0.2) is 11.4 Å². The highest BCUT2D eigenvalue weighted by molar-refractivity contribution is 6.03. The van der Waals surface area contributed by atoms with E-state index in [2.05, 4.69) is 20.8 Å². The van der Waals surface area contributed by atoms with E-state index < -0.39 is 11.4 Å². The molecule has 1 aromatic heterocycles. The van der Waals surface area contributed by atoms with E-state index in [9.17, 15) is 14.0 Å². The number of halogens is 1. The Morgan fingerprint density at radius 1 is 1.03 bits per heavy atom. The number of ketones is 1. The molecule has 2 aromatic carbocycles. The van der Waals surface area contributed by atoms with Gasteiger partial charge in [0.25, 0.3) is 0 Å². The number of benzene rings is 2. The standard InChI is InChI=1S/C26H26FN5O3/c27-20-5-3-18(4-6-20)24(33)26(12-15-29-17-26)35-22-9-7-21(8-10-22)32(23-2-1-13-30-31-23)25(34)19-11-14-28-16-19/h1-10,13,19,28-29H,11-12,14-17H2/t19-,26+/m0/s1. The molecular weight excluding hydrogens is 449 g/mol. The fourth-order valence-corrected chi connectivity index (χ4v) is 4.58. The first kappa shape index (κ1) is 23.1. The zero-order valence-corrected chi connectivity index (χ0v) is 19.1. The van der Waals surface area contributed by atoms with Crippen molar-refractivity contribution in [1.29, 1.82) is 0 Å². The number of hydrogen-bond donors (Lipinski definition) is 2. The maximum absolute atomic E-state index is 13.4. The molecule has 35 heavy (non-hydrogen) atoms. The lowest BCUT2D eigenvalue weighted by Crippen LogP contribution is -2.46. The van der Waals surface area contributed by atoms with Gasteiger partial charge < -0.3 is 15.4 Å². The summed E-state index contributed by atoms with van der Waals surface area (Å²) in [4.78, 5) is 28.2. The second kappa shape index (κ2) is 9.89. The van der Waals surface area contributed by atoms with E-state index in [0.717, 1.165) is 13.0 Å². The average Bonchev–Trinajstić information content (AvgIpc) is 3.59. The van der Waals surface area contributed by atoms with Crippen molar-refractivity contribution in [3.05, 3.63) is 78.2 Å². The summed E-state index contributed by atoms with van der Waals surface area (Å²) in [5.74, 6) is 0.160. The van der Waals surface area contributed by atoms with E-state index in [1.54, 1.807) is 47.5 Å². The Morgan fingerprint density at radius 3 is 2.46 bits per heavy atom. The first-order valence-electron chi connectivity index (χ1n) is 11.7. The van der Waals surface area contributed by atoms with Crippen LogP contribution in [-0.2, 0) is 4.79 Å². The van der Waals surface area contributed by atoms with Crippen molar-refractivity contribution in [1.82, 2.24) is 20.8 Å². The molecule has 180 valence electrons. The van der Waals surface area contributed by atoms with Crippen LogP contribution in [-0.4, -0.2) is 53.7 Å².